The summed E-state index contributed by atoms with van der Waals surface area (Å²) in [4.78, 5) is 0. The number of alkyl halides is 9. The highest BCUT2D eigenvalue weighted by Crippen LogP contribution is 2.44. The maximum Gasteiger partial charge on any atom is 0.417 e. The number of benzene rings is 9. The molecule has 115 heavy (non-hydrogen) atoms. The third-order valence-corrected chi connectivity index (χ3v) is 19.1. The first-order chi connectivity index (χ1) is 54.7. The lowest BCUT2D eigenvalue weighted by atomic mass is 9.99. The smallest absolute Gasteiger partial charge is 0.417 e. The number of allylic oxidation sites excluding steroid dienone is 1. The molecule has 3 aromatic heterocycles. The van der Waals surface area contributed by atoms with Crippen molar-refractivity contribution in [2.45, 2.75) is 108 Å². The zero-order valence-corrected chi connectivity index (χ0v) is 62.0. The van der Waals surface area contributed by atoms with Crippen LogP contribution in [0.1, 0.15) is 113 Å². The fraction of sp³-hybridized carbons (Fsp3) is 0.253. The molecule has 5 heterocycles. The first-order valence-corrected chi connectivity index (χ1v) is 35.9. The summed E-state index contributed by atoms with van der Waals surface area (Å²) in [5.74, 6) is 0.0902. The molecule has 28 heteroatoms. The van der Waals surface area contributed by atoms with Crippen LogP contribution in [-0.2, 0) is 56.7 Å². The van der Waals surface area contributed by atoms with Gasteiger partial charge in [0.25, 0.3) is 0 Å². The summed E-state index contributed by atoms with van der Waals surface area (Å²) in [6.45, 7) is 10.9. The van der Waals surface area contributed by atoms with E-state index in [0.717, 1.165) is 97.9 Å². The molecular formula is C87H75F9N6O13. The van der Waals surface area contributed by atoms with E-state index in [1.54, 1.807) is 97.2 Å². The Labute approximate surface area is 653 Å². The van der Waals surface area contributed by atoms with Gasteiger partial charge in [0.15, 0.2) is 11.6 Å². The van der Waals surface area contributed by atoms with Gasteiger partial charge in [0.1, 0.15) is 52.8 Å². The Kier molecular flexibility index (Phi) is 24.5. The van der Waals surface area contributed by atoms with Crippen molar-refractivity contribution in [1.29, 1.82) is 15.8 Å². The number of hydrogen-bond donors (Lipinski definition) is 6. The Bertz CT molecular complexity index is 5660. The fourth-order valence-corrected chi connectivity index (χ4v) is 13.9. The zero-order chi connectivity index (χ0) is 82.5. The van der Waals surface area contributed by atoms with Crippen LogP contribution in [0.2, 0.25) is 0 Å². The van der Waals surface area contributed by atoms with E-state index in [4.69, 9.17) is 48.9 Å². The van der Waals surface area contributed by atoms with Crippen molar-refractivity contribution in [1.82, 2.24) is 13.7 Å². The molecule has 0 saturated carbocycles. The summed E-state index contributed by atoms with van der Waals surface area (Å²) >= 11 is 0. The van der Waals surface area contributed by atoms with Crippen LogP contribution in [0.5, 0.6) is 34.5 Å². The quantitative estimate of drug-likeness (QED) is 0.0288. The van der Waals surface area contributed by atoms with Gasteiger partial charge in [-0.05, 0) is 213 Å². The Morgan fingerprint density at radius 2 is 0.774 bits per heavy atom. The van der Waals surface area contributed by atoms with Gasteiger partial charge in [0, 0.05) is 64.7 Å². The van der Waals surface area contributed by atoms with Crippen LogP contribution in [-0.4, -0.2) is 101 Å². The molecule has 0 bridgehead atoms. The van der Waals surface area contributed by atoms with E-state index >= 15 is 0 Å². The molecule has 0 aliphatic carbocycles. The van der Waals surface area contributed by atoms with E-state index in [-0.39, 0.29) is 48.9 Å². The van der Waals surface area contributed by atoms with Crippen molar-refractivity contribution in [3.05, 3.63) is 280 Å². The summed E-state index contributed by atoms with van der Waals surface area (Å²) in [7, 11) is 0. The van der Waals surface area contributed by atoms with Gasteiger partial charge < -0.3 is 77.5 Å². The maximum absolute atomic E-state index is 13.1. The van der Waals surface area contributed by atoms with Crippen LogP contribution >= 0.6 is 0 Å². The van der Waals surface area contributed by atoms with E-state index in [1.165, 1.54) is 12.1 Å². The minimum Gasteiger partial charge on any atom is -0.457 e. The number of ether oxygens (including phenoxy) is 7. The van der Waals surface area contributed by atoms with Crippen LogP contribution < -0.4 is 14.2 Å². The molecule has 12 aromatic rings. The summed E-state index contributed by atoms with van der Waals surface area (Å²) < 4.78 is 165. The van der Waals surface area contributed by atoms with Crippen LogP contribution in [0, 0.1) is 34.0 Å². The number of fused-ring (bicyclic) bond motifs is 3. The van der Waals surface area contributed by atoms with Gasteiger partial charge in [-0.15, -0.1) is 6.58 Å². The Morgan fingerprint density at radius 1 is 0.452 bits per heavy atom. The molecule has 0 spiro atoms. The predicted octanol–water partition coefficient (Wildman–Crippen LogP) is 18.1. The summed E-state index contributed by atoms with van der Waals surface area (Å²) in [5.41, 5.74) is 5.34. The summed E-state index contributed by atoms with van der Waals surface area (Å²) in [5, 5.41) is 89.0. The van der Waals surface area contributed by atoms with E-state index in [1.807, 2.05) is 97.6 Å². The van der Waals surface area contributed by atoms with E-state index in [9.17, 15) is 70.2 Å². The minimum atomic E-state index is -4.65. The van der Waals surface area contributed by atoms with Crippen LogP contribution in [0.25, 0.3) is 49.8 Å². The highest BCUT2D eigenvalue weighted by molar-refractivity contribution is 5.91. The van der Waals surface area contributed by atoms with Crippen LogP contribution in [0.3, 0.4) is 0 Å². The van der Waals surface area contributed by atoms with Crippen molar-refractivity contribution >= 4 is 32.7 Å². The van der Waals surface area contributed by atoms with E-state index in [2.05, 4.69) is 23.4 Å². The van der Waals surface area contributed by atoms with Crippen molar-refractivity contribution in [3.8, 4) is 69.8 Å². The topological polar surface area (TPSA) is 272 Å². The van der Waals surface area contributed by atoms with Crippen molar-refractivity contribution in [2.75, 3.05) is 33.0 Å². The number of aliphatic hydroxyl groups excluding tert-OH is 6. The normalized spacial score (nSPS) is 16.0. The molecular weight excluding hydrogens is 1510 g/mol. The average molecular weight is 1580 g/mol. The van der Waals surface area contributed by atoms with Gasteiger partial charge in [0.05, 0.1) is 113 Å². The van der Waals surface area contributed by atoms with Crippen molar-refractivity contribution < 1.29 is 103 Å². The lowest BCUT2D eigenvalue weighted by Gasteiger charge is -2.18. The number of halogens is 9. The Morgan fingerprint density at radius 3 is 1.09 bits per heavy atom. The number of hydrogen-bond acceptors (Lipinski definition) is 16. The fourth-order valence-electron chi connectivity index (χ4n) is 13.9. The molecule has 14 rings (SSSR count). The molecule has 2 saturated heterocycles. The van der Waals surface area contributed by atoms with E-state index in [0.29, 0.717) is 64.6 Å². The van der Waals surface area contributed by atoms with Gasteiger partial charge in [0.2, 0.25) is 0 Å². The summed E-state index contributed by atoms with van der Waals surface area (Å²) in [6.07, 6.45) is -8.87. The minimum absolute atomic E-state index is 0.0756. The third kappa shape index (κ3) is 18.7. The lowest BCUT2D eigenvalue weighted by Crippen LogP contribution is -2.19. The summed E-state index contributed by atoms with van der Waals surface area (Å²) in [6, 6.07) is 51.8. The molecule has 2 aliphatic heterocycles. The first-order valence-electron chi connectivity index (χ1n) is 35.9. The van der Waals surface area contributed by atoms with Crippen molar-refractivity contribution in [3.63, 3.8) is 0 Å². The molecule has 594 valence electrons. The molecule has 1 unspecified atom stereocenters. The van der Waals surface area contributed by atoms with Gasteiger partial charge in [-0.25, -0.2) is 0 Å². The number of rotatable bonds is 21. The average Bonchev–Trinajstić information content (AvgIpc) is 1.62. The highest BCUT2D eigenvalue weighted by Gasteiger charge is 2.39. The Hall–Kier alpha value is -11.8. The molecule has 2 fully saturated rings. The molecule has 9 aromatic carbocycles. The highest BCUT2D eigenvalue weighted by atomic mass is 19.4. The number of aromatic nitrogens is 3. The predicted molar refractivity (Wildman–Crippen MR) is 406 cm³/mol. The molecule has 5 atom stereocenters. The first kappa shape index (κ1) is 82.6. The monoisotopic (exact) mass is 1580 g/mol. The Balaban J connectivity index is 0.000000159. The number of nitrogens with zero attached hydrogens (tertiary/aromatic N) is 6. The number of nitriles is 3. The molecule has 6 N–H and O–H groups in total. The van der Waals surface area contributed by atoms with Gasteiger partial charge in [-0.2, -0.15) is 55.3 Å². The second-order valence-corrected chi connectivity index (χ2v) is 27.9. The van der Waals surface area contributed by atoms with E-state index < -0.39 is 95.0 Å². The molecule has 0 amide bonds. The maximum atomic E-state index is 13.1. The zero-order valence-electron chi connectivity index (χ0n) is 62.0. The van der Waals surface area contributed by atoms with Crippen LogP contribution in [0.4, 0.5) is 39.5 Å². The van der Waals surface area contributed by atoms with Gasteiger partial charge in [-0.1, -0.05) is 42.5 Å². The lowest BCUT2D eigenvalue weighted by molar-refractivity contribution is -0.139. The molecule has 19 nitrogen and oxygen atoms in total. The third-order valence-electron chi connectivity index (χ3n) is 19.1. The van der Waals surface area contributed by atoms with Crippen molar-refractivity contribution in [2.24, 2.45) is 0 Å². The largest absolute Gasteiger partial charge is 0.457 e. The van der Waals surface area contributed by atoms with Gasteiger partial charge >= 0.3 is 18.5 Å². The molecule has 0 radical (unpaired) electrons. The SMILES string of the molecule is C=CCc1cn(-c2ccc(Oc3ccc(C(F)(F)F)c(C#N)c3)cc2)c2cccc([C@H]3COC(C)(C)O3)c12.CC1(C)OC[C@H](c2cccc3c2c(C[C@@H](O)CO)cn3-c2ccc(Oc3ccc(C(F)(F)F)c(C#N)c3)cc2)O1.N#Cc1cc(Oc2ccc(-n3cc(C[C@@H](O)CO)c4c(C(O)CO)cccc43)cc2)ccc1C(F)(F)F. The molecule has 2 aliphatic rings. The standard InChI is InChI=1S/C30H27F3N2O5.C30H25F3N2O3.C27H23F3N2O5/c1-29(2)38-17-27(40-29)24-4-3-5-26-28(24)19(12-21(37)16-36)15-35(26)20-6-8-22(9-7-20)39-23-10-11-25(30(31,32)33)18(13-23)14-34;1-4-6-19-17-35(26-8-5-7-24(28(19)26)27-18-36-29(2,3)38-27)21-9-11-22(12-10-21)37-23-13-14-25(30(31,32)33)20(15-23)16-34;28-27(29,30)23-9-8-21(11-16(23)12-31)37-20-6-4-18(5-7-20)32-13-17(10-19(35)14-33)26-22(25(36)15-34)2-1-3-24(26)32/h3-11,13,15,21,27,36-37H,12,16-17H2,1-2H3;4-5,7-15,17,27H,1,6,18H2,2-3H3;1-9,11,13,19,25,33-36H,10,14-15H2/t21-,27-;27-;19-,25?/m111/s1. The van der Waals surface area contributed by atoms with Gasteiger partial charge in [-0.3, -0.25) is 0 Å². The number of aliphatic hydroxyl groups is 6. The second-order valence-electron chi connectivity index (χ2n) is 27.9. The van der Waals surface area contributed by atoms with Crippen LogP contribution in [0.15, 0.2) is 213 Å². The second kappa shape index (κ2) is 34.1.